The van der Waals surface area contributed by atoms with Crippen molar-refractivity contribution >= 4 is 21.8 Å². The monoisotopic (exact) mass is 376 g/mol. The van der Waals surface area contributed by atoms with E-state index < -0.39 is 0 Å². The number of methoxy groups -OCH3 is 1. The van der Waals surface area contributed by atoms with E-state index in [9.17, 15) is 4.79 Å². The molecule has 1 N–H and O–H groups in total. The van der Waals surface area contributed by atoms with Gasteiger partial charge < -0.3 is 15.0 Å². The van der Waals surface area contributed by atoms with Gasteiger partial charge in [-0.2, -0.15) is 0 Å². The Hall–Kier alpha value is -1.85. The summed E-state index contributed by atoms with van der Waals surface area (Å²) >= 11 is 3.37. The van der Waals surface area contributed by atoms with Crippen molar-refractivity contribution in [1.29, 1.82) is 0 Å². The summed E-state index contributed by atoms with van der Waals surface area (Å²) in [5.41, 5.74) is 1.70. The molecule has 4 nitrogen and oxygen atoms in total. The van der Waals surface area contributed by atoms with Crippen molar-refractivity contribution < 1.29 is 9.53 Å². The Bertz CT molecular complexity index is 656. The number of hydrogen-bond acceptors (Lipinski definition) is 3. The largest absolute Gasteiger partial charge is 0.496 e. The Kier molecular flexibility index (Phi) is 6.19. The molecule has 0 aromatic heterocycles. The second-order valence-corrected chi connectivity index (χ2v) is 6.35. The van der Waals surface area contributed by atoms with Gasteiger partial charge in [0.25, 0.3) is 5.91 Å². The van der Waals surface area contributed by atoms with E-state index in [1.807, 2.05) is 50.5 Å². The summed E-state index contributed by atoms with van der Waals surface area (Å²) < 4.78 is 6.39. The van der Waals surface area contributed by atoms with E-state index in [0.717, 1.165) is 15.8 Å². The van der Waals surface area contributed by atoms with Gasteiger partial charge >= 0.3 is 0 Å². The maximum Gasteiger partial charge on any atom is 0.251 e. The Morgan fingerprint density at radius 1 is 1.17 bits per heavy atom. The lowest BCUT2D eigenvalue weighted by Crippen LogP contribution is -2.34. The predicted octanol–water partition coefficient (Wildman–Crippen LogP) is 3.49. The molecule has 0 aliphatic heterocycles. The minimum Gasteiger partial charge on any atom is -0.496 e. The molecular formula is C18H21BrN2O2. The molecule has 23 heavy (non-hydrogen) atoms. The number of carbonyl (C=O) groups excluding carboxylic acids is 1. The molecule has 0 bridgehead atoms. The van der Waals surface area contributed by atoms with E-state index in [1.54, 1.807) is 19.2 Å². The van der Waals surface area contributed by atoms with Crippen molar-refractivity contribution in [2.45, 2.75) is 6.04 Å². The van der Waals surface area contributed by atoms with E-state index in [4.69, 9.17) is 4.74 Å². The van der Waals surface area contributed by atoms with Crippen LogP contribution in [0.25, 0.3) is 0 Å². The molecule has 1 atom stereocenters. The molecule has 5 heteroatoms. The molecule has 2 aromatic carbocycles. The normalized spacial score (nSPS) is 12.0. The zero-order valence-corrected chi connectivity index (χ0v) is 15.1. The summed E-state index contributed by atoms with van der Waals surface area (Å²) in [5.74, 6) is 0.739. The van der Waals surface area contributed by atoms with Gasteiger partial charge in [-0.15, -0.1) is 0 Å². The predicted molar refractivity (Wildman–Crippen MR) is 95.9 cm³/mol. The van der Waals surface area contributed by atoms with Crippen LogP contribution in [0.5, 0.6) is 5.75 Å². The fourth-order valence-corrected chi connectivity index (χ4v) is 2.67. The number of nitrogens with one attached hydrogen (secondary N) is 1. The molecule has 0 aliphatic rings. The average Bonchev–Trinajstić information content (AvgIpc) is 2.55. The van der Waals surface area contributed by atoms with Crippen molar-refractivity contribution in [3.8, 4) is 5.75 Å². The number of rotatable bonds is 6. The first-order chi connectivity index (χ1) is 11.0. The highest BCUT2D eigenvalue weighted by molar-refractivity contribution is 9.10. The van der Waals surface area contributed by atoms with E-state index in [2.05, 4.69) is 26.1 Å². The first-order valence-corrected chi connectivity index (χ1v) is 8.15. The van der Waals surface area contributed by atoms with Gasteiger partial charge in [-0.05, 0) is 44.4 Å². The van der Waals surface area contributed by atoms with Crippen LogP contribution in [0.15, 0.2) is 53.0 Å². The summed E-state index contributed by atoms with van der Waals surface area (Å²) in [6.45, 7) is 0.502. The van der Waals surface area contributed by atoms with E-state index in [-0.39, 0.29) is 11.9 Å². The van der Waals surface area contributed by atoms with Gasteiger partial charge in [0.2, 0.25) is 0 Å². The average molecular weight is 377 g/mol. The van der Waals surface area contributed by atoms with Crippen molar-refractivity contribution in [2.24, 2.45) is 0 Å². The van der Waals surface area contributed by atoms with Crippen LogP contribution >= 0.6 is 15.9 Å². The van der Waals surface area contributed by atoms with Gasteiger partial charge in [0.05, 0.1) is 13.2 Å². The quantitative estimate of drug-likeness (QED) is 0.838. The van der Waals surface area contributed by atoms with Crippen LogP contribution < -0.4 is 10.1 Å². The first kappa shape index (κ1) is 17.5. The summed E-state index contributed by atoms with van der Waals surface area (Å²) in [6.07, 6.45) is 0. The number of amides is 1. The number of nitrogens with zero attached hydrogens (tertiary/aromatic N) is 1. The molecule has 0 spiro atoms. The fourth-order valence-electron chi connectivity index (χ4n) is 2.41. The molecule has 0 saturated carbocycles. The SMILES string of the molecule is COc1ccccc1[C@H](CNC(=O)c1ccc(Br)cc1)N(C)C. The zero-order chi connectivity index (χ0) is 16.8. The molecule has 0 unspecified atom stereocenters. The van der Waals surface area contributed by atoms with E-state index in [0.29, 0.717) is 12.1 Å². The van der Waals surface area contributed by atoms with Gasteiger partial charge in [0, 0.05) is 22.1 Å². The molecule has 0 heterocycles. The summed E-state index contributed by atoms with van der Waals surface area (Å²) in [5, 5.41) is 3.00. The molecule has 0 fully saturated rings. The molecule has 0 aliphatic carbocycles. The minimum atomic E-state index is -0.0840. The Morgan fingerprint density at radius 2 is 1.83 bits per heavy atom. The van der Waals surface area contributed by atoms with E-state index in [1.165, 1.54) is 0 Å². The van der Waals surface area contributed by atoms with Crippen LogP contribution in [0.4, 0.5) is 0 Å². The van der Waals surface area contributed by atoms with Gasteiger partial charge in [-0.25, -0.2) is 0 Å². The second kappa shape index (κ2) is 8.13. The topological polar surface area (TPSA) is 41.6 Å². The molecule has 2 rings (SSSR count). The molecule has 0 radical (unpaired) electrons. The third kappa shape index (κ3) is 4.56. The van der Waals surface area contributed by atoms with Crippen LogP contribution in [0, 0.1) is 0 Å². The number of halogens is 1. The van der Waals surface area contributed by atoms with Gasteiger partial charge in [0.15, 0.2) is 0 Å². The summed E-state index contributed by atoms with van der Waals surface area (Å²) in [4.78, 5) is 14.4. The Labute approximate surface area is 145 Å². The summed E-state index contributed by atoms with van der Waals surface area (Å²) in [6, 6.07) is 15.2. The lowest BCUT2D eigenvalue weighted by atomic mass is 10.0. The maximum atomic E-state index is 12.3. The first-order valence-electron chi connectivity index (χ1n) is 7.36. The molecular weight excluding hydrogens is 356 g/mol. The van der Waals surface area contributed by atoms with Gasteiger partial charge in [0.1, 0.15) is 5.75 Å². The number of likely N-dealkylation sites (N-methyl/N-ethyl adjacent to an activating group) is 1. The van der Waals surface area contributed by atoms with Crippen molar-refractivity contribution in [1.82, 2.24) is 10.2 Å². The highest BCUT2D eigenvalue weighted by Gasteiger charge is 2.19. The fraction of sp³-hybridized carbons (Fsp3) is 0.278. The van der Waals surface area contributed by atoms with Crippen molar-refractivity contribution in [3.05, 3.63) is 64.1 Å². The molecule has 0 saturated heterocycles. The van der Waals surface area contributed by atoms with E-state index >= 15 is 0 Å². The summed E-state index contributed by atoms with van der Waals surface area (Å²) in [7, 11) is 5.64. The number of carbonyl (C=O) groups is 1. The highest BCUT2D eigenvalue weighted by atomic mass is 79.9. The third-order valence-corrected chi connectivity index (χ3v) is 4.21. The molecule has 122 valence electrons. The Morgan fingerprint density at radius 3 is 2.43 bits per heavy atom. The molecule has 2 aromatic rings. The smallest absolute Gasteiger partial charge is 0.251 e. The standard InChI is InChI=1S/C18H21BrN2O2/c1-21(2)16(15-6-4-5-7-17(15)23-3)12-20-18(22)13-8-10-14(19)11-9-13/h4-11,16H,12H2,1-3H3,(H,20,22)/t16-/m0/s1. The van der Waals surface area contributed by atoms with Crippen LogP contribution in [-0.4, -0.2) is 38.6 Å². The number of benzene rings is 2. The van der Waals surface area contributed by atoms with Crippen molar-refractivity contribution in [2.75, 3.05) is 27.7 Å². The number of para-hydroxylation sites is 1. The van der Waals surface area contributed by atoms with Crippen LogP contribution in [-0.2, 0) is 0 Å². The number of hydrogen-bond donors (Lipinski definition) is 1. The highest BCUT2D eigenvalue weighted by Crippen LogP contribution is 2.27. The number of ether oxygens (including phenoxy) is 1. The van der Waals surface area contributed by atoms with Crippen LogP contribution in [0.3, 0.4) is 0 Å². The maximum absolute atomic E-state index is 12.3. The second-order valence-electron chi connectivity index (χ2n) is 5.44. The minimum absolute atomic E-state index is 0.0329. The lowest BCUT2D eigenvalue weighted by molar-refractivity contribution is 0.0941. The van der Waals surface area contributed by atoms with Gasteiger partial charge in [-0.1, -0.05) is 34.1 Å². The van der Waals surface area contributed by atoms with Gasteiger partial charge in [-0.3, -0.25) is 4.79 Å². The van der Waals surface area contributed by atoms with Crippen LogP contribution in [0.1, 0.15) is 22.0 Å². The molecule has 1 amide bonds. The van der Waals surface area contributed by atoms with Crippen LogP contribution in [0.2, 0.25) is 0 Å². The Balaban J connectivity index is 2.11. The third-order valence-electron chi connectivity index (χ3n) is 3.68. The zero-order valence-electron chi connectivity index (χ0n) is 13.5. The lowest BCUT2D eigenvalue weighted by Gasteiger charge is -2.26. The van der Waals surface area contributed by atoms with Crippen molar-refractivity contribution in [3.63, 3.8) is 0 Å².